The molecule has 0 spiro atoms. The first-order valence-corrected chi connectivity index (χ1v) is 5.92. The first kappa shape index (κ1) is 11.2. The summed E-state index contributed by atoms with van der Waals surface area (Å²) < 4.78 is 1.36. The number of hydrogen-bond donors (Lipinski definition) is 1. The van der Waals surface area contributed by atoms with Crippen LogP contribution in [0.4, 0.5) is 5.82 Å². The van der Waals surface area contributed by atoms with E-state index in [1.165, 1.54) is 4.68 Å². The Bertz CT molecular complexity index is 644. The van der Waals surface area contributed by atoms with E-state index in [2.05, 4.69) is 27.3 Å². The Kier molecular flexibility index (Phi) is 2.52. The average molecular weight is 245 g/mol. The molecular formula is C12H15N5O. The summed E-state index contributed by atoms with van der Waals surface area (Å²) in [6.45, 7) is 1.97. The Labute approximate surface area is 104 Å². The molecule has 0 amide bonds. The molecule has 6 nitrogen and oxygen atoms in total. The summed E-state index contributed by atoms with van der Waals surface area (Å²) in [5.74, 6) is 0.686. The summed E-state index contributed by atoms with van der Waals surface area (Å²) >= 11 is 0. The zero-order valence-corrected chi connectivity index (χ0v) is 10.4. The molecule has 3 rings (SSSR count). The summed E-state index contributed by atoms with van der Waals surface area (Å²) in [5, 5.41) is 8.21. The van der Waals surface area contributed by atoms with Gasteiger partial charge in [0.25, 0.3) is 5.56 Å². The van der Waals surface area contributed by atoms with Gasteiger partial charge >= 0.3 is 0 Å². The van der Waals surface area contributed by atoms with Crippen LogP contribution in [-0.4, -0.2) is 45.8 Å². The fourth-order valence-corrected chi connectivity index (χ4v) is 2.26. The predicted molar refractivity (Wildman–Crippen MR) is 69.7 cm³/mol. The van der Waals surface area contributed by atoms with E-state index >= 15 is 0 Å². The minimum absolute atomic E-state index is 0.116. The maximum Gasteiger partial charge on any atom is 0.276 e. The smallest absolute Gasteiger partial charge is 0.276 e. The van der Waals surface area contributed by atoms with Gasteiger partial charge in [0.1, 0.15) is 5.52 Å². The number of hydrogen-bond acceptors (Lipinski definition) is 5. The third-order valence-corrected chi connectivity index (χ3v) is 3.21. The van der Waals surface area contributed by atoms with E-state index < -0.39 is 0 Å². The SMILES string of the molecule is CN1CC(Nc2nn(C)c(=O)c3cccnc23)C1. The quantitative estimate of drug-likeness (QED) is 0.810. The van der Waals surface area contributed by atoms with Gasteiger partial charge in [0, 0.05) is 26.3 Å². The van der Waals surface area contributed by atoms with Crippen molar-refractivity contribution in [1.82, 2.24) is 19.7 Å². The topological polar surface area (TPSA) is 63.1 Å². The fourth-order valence-electron chi connectivity index (χ4n) is 2.26. The van der Waals surface area contributed by atoms with Crippen LogP contribution in [0.3, 0.4) is 0 Å². The van der Waals surface area contributed by atoms with Crippen molar-refractivity contribution in [1.29, 1.82) is 0 Å². The van der Waals surface area contributed by atoms with Crippen molar-refractivity contribution in [2.75, 3.05) is 25.5 Å². The maximum absolute atomic E-state index is 11.9. The van der Waals surface area contributed by atoms with Gasteiger partial charge in [0.2, 0.25) is 0 Å². The van der Waals surface area contributed by atoms with Crippen molar-refractivity contribution in [3.63, 3.8) is 0 Å². The van der Waals surface area contributed by atoms with Crippen molar-refractivity contribution in [3.05, 3.63) is 28.7 Å². The molecule has 94 valence electrons. The second-order valence-electron chi connectivity index (χ2n) is 4.74. The molecule has 0 saturated carbocycles. The van der Waals surface area contributed by atoms with Crippen LogP contribution in [-0.2, 0) is 7.05 Å². The fraction of sp³-hybridized carbons (Fsp3) is 0.417. The third kappa shape index (κ3) is 1.74. The van der Waals surface area contributed by atoms with Crippen LogP contribution >= 0.6 is 0 Å². The van der Waals surface area contributed by atoms with Crippen LogP contribution in [0.15, 0.2) is 23.1 Å². The molecular weight excluding hydrogens is 230 g/mol. The Morgan fingerprint density at radius 2 is 2.17 bits per heavy atom. The first-order valence-electron chi connectivity index (χ1n) is 5.92. The maximum atomic E-state index is 11.9. The standard InChI is InChI=1S/C12H15N5O/c1-16-6-8(7-16)14-11-10-9(4-3-5-13-10)12(18)17(2)15-11/h3-5,8H,6-7H2,1-2H3,(H,14,15). The van der Waals surface area contributed by atoms with Crippen LogP contribution < -0.4 is 10.9 Å². The largest absolute Gasteiger partial charge is 0.362 e. The Morgan fingerprint density at radius 1 is 1.39 bits per heavy atom. The lowest BCUT2D eigenvalue weighted by Gasteiger charge is -2.36. The molecule has 0 aliphatic carbocycles. The van der Waals surface area contributed by atoms with Crippen LogP contribution in [0.1, 0.15) is 0 Å². The third-order valence-electron chi connectivity index (χ3n) is 3.21. The number of pyridine rings is 1. The van der Waals surface area contributed by atoms with Crippen molar-refractivity contribution in [2.45, 2.75) is 6.04 Å². The van der Waals surface area contributed by atoms with E-state index in [4.69, 9.17) is 0 Å². The molecule has 0 unspecified atom stereocenters. The summed E-state index contributed by atoms with van der Waals surface area (Å²) in [4.78, 5) is 18.4. The number of anilines is 1. The van der Waals surface area contributed by atoms with Crippen LogP contribution in [0.2, 0.25) is 0 Å². The lowest BCUT2D eigenvalue weighted by Crippen LogP contribution is -2.52. The van der Waals surface area contributed by atoms with Crippen LogP contribution in [0.5, 0.6) is 0 Å². The number of rotatable bonds is 2. The lowest BCUT2D eigenvalue weighted by molar-refractivity contribution is 0.205. The molecule has 1 aliphatic heterocycles. The molecule has 0 atom stereocenters. The number of aryl methyl sites for hydroxylation is 1. The number of nitrogens with one attached hydrogen (secondary N) is 1. The van der Waals surface area contributed by atoms with Crippen molar-refractivity contribution in [3.8, 4) is 0 Å². The molecule has 1 N–H and O–H groups in total. The van der Waals surface area contributed by atoms with Gasteiger partial charge in [-0.25, -0.2) is 4.68 Å². The van der Waals surface area contributed by atoms with Gasteiger partial charge in [-0.2, -0.15) is 5.10 Å². The Balaban J connectivity index is 2.06. The molecule has 18 heavy (non-hydrogen) atoms. The van der Waals surface area contributed by atoms with Crippen molar-refractivity contribution >= 4 is 16.7 Å². The van der Waals surface area contributed by atoms with E-state index in [9.17, 15) is 4.79 Å². The van der Waals surface area contributed by atoms with E-state index in [1.54, 1.807) is 25.4 Å². The zero-order valence-electron chi connectivity index (χ0n) is 10.4. The van der Waals surface area contributed by atoms with E-state index in [-0.39, 0.29) is 5.56 Å². The molecule has 1 saturated heterocycles. The van der Waals surface area contributed by atoms with Gasteiger partial charge in [-0.05, 0) is 19.2 Å². The average Bonchev–Trinajstić information content (AvgIpc) is 2.33. The molecule has 0 aromatic carbocycles. The van der Waals surface area contributed by atoms with Crippen molar-refractivity contribution < 1.29 is 0 Å². The highest BCUT2D eigenvalue weighted by Gasteiger charge is 2.24. The second-order valence-corrected chi connectivity index (χ2v) is 4.74. The molecule has 3 heterocycles. The minimum atomic E-state index is -0.116. The van der Waals surface area contributed by atoms with Gasteiger partial charge in [-0.3, -0.25) is 9.78 Å². The van der Waals surface area contributed by atoms with Gasteiger partial charge in [0.15, 0.2) is 5.82 Å². The van der Waals surface area contributed by atoms with E-state index in [0.717, 1.165) is 13.1 Å². The predicted octanol–water partition coefficient (Wildman–Crippen LogP) is 0.0544. The molecule has 0 radical (unpaired) electrons. The number of aromatic nitrogens is 3. The Hall–Kier alpha value is -1.95. The molecule has 1 aliphatic rings. The van der Waals surface area contributed by atoms with Gasteiger partial charge < -0.3 is 10.2 Å². The minimum Gasteiger partial charge on any atom is -0.362 e. The molecule has 6 heteroatoms. The Morgan fingerprint density at radius 3 is 2.89 bits per heavy atom. The monoisotopic (exact) mass is 245 g/mol. The summed E-state index contributed by atoms with van der Waals surface area (Å²) in [6, 6.07) is 3.93. The first-order chi connectivity index (χ1) is 8.65. The van der Waals surface area contributed by atoms with Gasteiger partial charge in [0.05, 0.1) is 11.4 Å². The van der Waals surface area contributed by atoms with Crippen molar-refractivity contribution in [2.24, 2.45) is 7.05 Å². The zero-order chi connectivity index (χ0) is 12.7. The molecule has 1 fully saturated rings. The molecule has 2 aromatic rings. The molecule has 2 aromatic heterocycles. The van der Waals surface area contributed by atoms with Crippen LogP contribution in [0, 0.1) is 0 Å². The summed E-state index contributed by atoms with van der Waals surface area (Å²) in [7, 11) is 3.73. The highest BCUT2D eigenvalue weighted by Crippen LogP contribution is 2.18. The second kappa shape index (κ2) is 4.06. The van der Waals surface area contributed by atoms with E-state index in [1.807, 2.05) is 0 Å². The summed E-state index contributed by atoms with van der Waals surface area (Å²) in [6.07, 6.45) is 1.68. The van der Waals surface area contributed by atoms with E-state index in [0.29, 0.717) is 22.8 Å². The van der Waals surface area contributed by atoms with Gasteiger partial charge in [-0.15, -0.1) is 0 Å². The number of nitrogens with zero attached hydrogens (tertiary/aromatic N) is 4. The van der Waals surface area contributed by atoms with Gasteiger partial charge in [-0.1, -0.05) is 0 Å². The molecule has 0 bridgehead atoms. The lowest BCUT2D eigenvalue weighted by atomic mass is 10.1. The number of likely N-dealkylation sites (tertiary alicyclic amines) is 1. The summed E-state index contributed by atoms with van der Waals surface area (Å²) in [5.41, 5.74) is 0.532. The van der Waals surface area contributed by atoms with Crippen LogP contribution in [0.25, 0.3) is 10.9 Å². The number of likely N-dealkylation sites (N-methyl/N-ethyl adjacent to an activating group) is 1. The highest BCUT2D eigenvalue weighted by molar-refractivity contribution is 5.87. The number of fused-ring (bicyclic) bond motifs is 1. The highest BCUT2D eigenvalue weighted by atomic mass is 16.1. The normalized spacial score (nSPS) is 16.8.